The van der Waals surface area contributed by atoms with Crippen molar-refractivity contribution in [1.82, 2.24) is 4.90 Å². The highest BCUT2D eigenvalue weighted by Crippen LogP contribution is 2.11. The Morgan fingerprint density at radius 3 is 1.87 bits per heavy atom. The minimum atomic E-state index is 0. The van der Waals surface area contributed by atoms with Crippen LogP contribution in [0.3, 0.4) is 0 Å². The van der Waals surface area contributed by atoms with Crippen molar-refractivity contribution < 1.29 is 22.0 Å². The van der Waals surface area contributed by atoms with Crippen molar-refractivity contribution in [2.45, 2.75) is 84.0 Å². The van der Waals surface area contributed by atoms with E-state index >= 15 is 0 Å². The molecule has 138 valence electrons. The van der Waals surface area contributed by atoms with E-state index in [2.05, 4.69) is 31.3 Å². The maximum Gasteiger partial charge on any atom is 0.158 e. The van der Waals surface area contributed by atoms with E-state index in [1.807, 2.05) is 0 Å². The van der Waals surface area contributed by atoms with Gasteiger partial charge in [-0.2, -0.15) is 0 Å². The van der Waals surface area contributed by atoms with Crippen molar-refractivity contribution >= 4 is 0 Å². The molecule has 0 amide bonds. The molecule has 0 saturated heterocycles. The highest BCUT2D eigenvalue weighted by atomic mass is 35.5. The highest BCUT2D eigenvalue weighted by molar-refractivity contribution is 4.75. The molecule has 1 N–H and O–H groups in total. The number of nitrogens with zero attached hydrogens (tertiary/aromatic N) is 1. The molecule has 1 rings (SSSR count). The van der Waals surface area contributed by atoms with E-state index in [1.165, 1.54) is 81.9 Å². The molecule has 0 spiro atoms. The van der Waals surface area contributed by atoms with Gasteiger partial charge in [0, 0.05) is 6.61 Å². The van der Waals surface area contributed by atoms with Crippen LogP contribution in [-0.4, -0.2) is 32.0 Å². The number of halogens is 1. The second kappa shape index (κ2) is 16.6. The van der Waals surface area contributed by atoms with Gasteiger partial charge in [-0.1, -0.05) is 77.6 Å². The molecule has 0 fully saturated rings. The van der Waals surface area contributed by atoms with Gasteiger partial charge in [0.25, 0.3) is 0 Å². The fraction of sp³-hybridized carbons (Fsp3) is 0.895. The van der Waals surface area contributed by atoms with Crippen LogP contribution >= 0.6 is 0 Å². The Bertz CT molecular complexity index is 274. The number of hydrogen-bond donors (Lipinski definition) is 1. The number of hydrogen-bond acceptors (Lipinski definition) is 2. The van der Waals surface area contributed by atoms with Crippen LogP contribution < -0.4 is 17.3 Å². The number of unbranched alkanes of at least 4 members (excludes halogenated alkanes) is 11. The van der Waals surface area contributed by atoms with E-state index in [0.29, 0.717) is 0 Å². The van der Waals surface area contributed by atoms with Crippen LogP contribution in [0.2, 0.25) is 0 Å². The molecule has 1 aliphatic heterocycles. The van der Waals surface area contributed by atoms with E-state index in [1.54, 1.807) is 0 Å². The number of rotatable bonds is 15. The largest absolute Gasteiger partial charge is 1.00 e. The average molecular weight is 347 g/mol. The monoisotopic (exact) mass is 346 g/mol. The molecule has 0 radical (unpaired) electrons. The summed E-state index contributed by atoms with van der Waals surface area (Å²) in [6.45, 7) is 5.00. The third-order valence-corrected chi connectivity index (χ3v) is 4.42. The van der Waals surface area contributed by atoms with E-state index < -0.39 is 0 Å². The quantitative estimate of drug-likeness (QED) is 0.444. The van der Waals surface area contributed by atoms with Crippen molar-refractivity contribution in [3.63, 3.8) is 0 Å². The Morgan fingerprint density at radius 1 is 0.870 bits per heavy atom. The van der Waals surface area contributed by atoms with E-state index in [9.17, 15) is 0 Å². The van der Waals surface area contributed by atoms with Crippen LogP contribution in [-0.2, 0) is 4.74 Å². The summed E-state index contributed by atoms with van der Waals surface area (Å²) in [5, 5.41) is 0. The first-order chi connectivity index (χ1) is 10.8. The number of ether oxygens (including phenoxy) is 1. The van der Waals surface area contributed by atoms with Crippen molar-refractivity contribution in [1.29, 1.82) is 0 Å². The van der Waals surface area contributed by atoms with Gasteiger partial charge in [0.05, 0.1) is 13.2 Å². The smallest absolute Gasteiger partial charge is 0.158 e. The lowest BCUT2D eigenvalue weighted by atomic mass is 10.1. The van der Waals surface area contributed by atoms with Crippen molar-refractivity contribution in [2.24, 2.45) is 0 Å². The lowest BCUT2D eigenvalue weighted by molar-refractivity contribution is -0.827. The summed E-state index contributed by atoms with van der Waals surface area (Å²) < 4.78 is 5.72. The Labute approximate surface area is 150 Å². The van der Waals surface area contributed by atoms with Gasteiger partial charge >= 0.3 is 0 Å². The van der Waals surface area contributed by atoms with Gasteiger partial charge in [-0.3, -0.25) is 4.90 Å². The minimum Gasteiger partial charge on any atom is -1.00 e. The van der Waals surface area contributed by atoms with Crippen molar-refractivity contribution in [3.05, 3.63) is 12.4 Å². The summed E-state index contributed by atoms with van der Waals surface area (Å²) in [4.78, 5) is 3.66. The van der Waals surface area contributed by atoms with Gasteiger partial charge in [0.1, 0.15) is 12.9 Å². The lowest BCUT2D eigenvalue weighted by Crippen LogP contribution is -3.03. The Morgan fingerprint density at radius 2 is 1.39 bits per heavy atom. The fourth-order valence-corrected chi connectivity index (χ4v) is 2.97. The number of nitrogens with one attached hydrogen (secondary N) is 1. The molecule has 0 bridgehead atoms. The molecule has 3 nitrogen and oxygen atoms in total. The summed E-state index contributed by atoms with van der Waals surface area (Å²) >= 11 is 0. The SMILES string of the molecule is CCCCCCCCCCCCCCOCN1C=C[NH+](C)C1.[Cl-]. The zero-order valence-corrected chi connectivity index (χ0v) is 16.3. The molecule has 0 aliphatic carbocycles. The van der Waals surface area contributed by atoms with Crippen LogP contribution in [0.1, 0.15) is 84.0 Å². The summed E-state index contributed by atoms with van der Waals surface area (Å²) in [5.41, 5.74) is 0. The molecule has 1 unspecified atom stereocenters. The van der Waals surface area contributed by atoms with Gasteiger partial charge in [0.15, 0.2) is 6.67 Å². The molecule has 0 saturated carbocycles. The van der Waals surface area contributed by atoms with Crippen LogP contribution in [0.4, 0.5) is 0 Å². The maximum absolute atomic E-state index is 5.72. The molecule has 1 aliphatic rings. The lowest BCUT2D eigenvalue weighted by Gasteiger charge is -2.14. The standard InChI is InChI=1S/C19H38N2O.ClH/c1-3-4-5-6-7-8-9-10-11-12-13-14-17-22-19-21-16-15-20(2)18-21;/h15-16H,3-14,17-19H2,1-2H3;1H. The van der Waals surface area contributed by atoms with Gasteiger partial charge < -0.3 is 22.0 Å². The highest BCUT2D eigenvalue weighted by Gasteiger charge is 2.11. The summed E-state index contributed by atoms with van der Waals surface area (Å²) in [7, 11) is 2.17. The molecule has 0 aromatic rings. The van der Waals surface area contributed by atoms with Crippen LogP contribution in [0.15, 0.2) is 12.4 Å². The van der Waals surface area contributed by atoms with Crippen molar-refractivity contribution in [3.8, 4) is 0 Å². The second-order valence-corrected chi connectivity index (χ2v) is 6.84. The van der Waals surface area contributed by atoms with Gasteiger partial charge in [-0.25, -0.2) is 0 Å². The third kappa shape index (κ3) is 13.8. The van der Waals surface area contributed by atoms with Crippen LogP contribution in [0.25, 0.3) is 0 Å². The Balaban J connectivity index is 0.00000484. The molecule has 1 atom stereocenters. The van der Waals surface area contributed by atoms with E-state index in [0.717, 1.165) is 20.0 Å². The van der Waals surface area contributed by atoms with E-state index in [4.69, 9.17) is 4.74 Å². The Kier molecular flexibility index (Phi) is 16.4. The normalized spacial score (nSPS) is 16.8. The second-order valence-electron chi connectivity index (χ2n) is 6.84. The van der Waals surface area contributed by atoms with Crippen LogP contribution in [0.5, 0.6) is 0 Å². The average Bonchev–Trinajstić information content (AvgIpc) is 2.93. The molecule has 0 aromatic heterocycles. The van der Waals surface area contributed by atoms with Crippen molar-refractivity contribution in [2.75, 3.05) is 27.1 Å². The summed E-state index contributed by atoms with van der Waals surface area (Å²) in [6, 6.07) is 0. The molecule has 23 heavy (non-hydrogen) atoms. The predicted octanol–water partition coefficient (Wildman–Crippen LogP) is 0.925. The molecule has 0 aromatic carbocycles. The fourth-order valence-electron chi connectivity index (χ4n) is 2.97. The first-order valence-electron chi connectivity index (χ1n) is 9.65. The molecule has 4 heteroatoms. The molecular weight excluding hydrogens is 308 g/mol. The van der Waals surface area contributed by atoms with Gasteiger partial charge in [-0.05, 0) is 6.42 Å². The zero-order chi connectivity index (χ0) is 15.9. The topological polar surface area (TPSA) is 16.9 Å². The minimum absolute atomic E-state index is 0. The first-order valence-corrected chi connectivity index (χ1v) is 9.65. The predicted molar refractivity (Wildman–Crippen MR) is 94.6 cm³/mol. The van der Waals surface area contributed by atoms with Gasteiger partial charge in [-0.15, -0.1) is 0 Å². The van der Waals surface area contributed by atoms with Gasteiger partial charge in [0.2, 0.25) is 0 Å². The molecule has 1 heterocycles. The van der Waals surface area contributed by atoms with Crippen LogP contribution in [0, 0.1) is 0 Å². The summed E-state index contributed by atoms with van der Waals surface area (Å²) in [5.74, 6) is 0. The first kappa shape index (κ1) is 22.8. The third-order valence-electron chi connectivity index (χ3n) is 4.42. The number of quaternary nitrogens is 1. The maximum atomic E-state index is 5.72. The van der Waals surface area contributed by atoms with E-state index in [-0.39, 0.29) is 12.4 Å². The summed E-state index contributed by atoms with van der Waals surface area (Å²) in [6.07, 6.45) is 21.1. The Hall–Kier alpha value is -0.250. The zero-order valence-electron chi connectivity index (χ0n) is 15.5. The molecular formula is C19H39ClN2O.